The fourth-order valence-electron chi connectivity index (χ4n) is 3.40. The number of nitrogens with one attached hydrogen (secondary N) is 1. The van der Waals surface area contributed by atoms with Gasteiger partial charge in [0.15, 0.2) is 5.65 Å². The largest absolute Gasteiger partial charge is 0.370 e. The summed E-state index contributed by atoms with van der Waals surface area (Å²) in [6, 6.07) is 3.71. The summed E-state index contributed by atoms with van der Waals surface area (Å²) >= 11 is 1.62. The van der Waals surface area contributed by atoms with Crippen LogP contribution in [0, 0.1) is 0 Å². The Labute approximate surface area is 164 Å². The zero-order valence-electron chi connectivity index (χ0n) is 15.5. The molecule has 0 radical (unpaired) electrons. The Kier molecular flexibility index (Phi) is 3.88. The molecule has 0 unspecified atom stereocenters. The Morgan fingerprint density at radius 2 is 2.18 bits per heavy atom. The molecule has 0 spiro atoms. The van der Waals surface area contributed by atoms with Crippen molar-refractivity contribution in [1.82, 2.24) is 29.9 Å². The molecule has 4 aromatic rings. The van der Waals surface area contributed by atoms with Crippen LogP contribution in [0.15, 0.2) is 30.9 Å². The Hall–Kier alpha value is -2.91. The first kappa shape index (κ1) is 17.2. The quantitative estimate of drug-likeness (QED) is 0.574. The molecule has 1 aliphatic heterocycles. The van der Waals surface area contributed by atoms with Crippen LogP contribution >= 0.6 is 11.3 Å². The molecular weight excluding hydrogens is 376 g/mol. The lowest BCUT2D eigenvalue weighted by Crippen LogP contribution is -2.31. The molecule has 4 aromatic heterocycles. The maximum atomic E-state index is 12.6. The van der Waals surface area contributed by atoms with E-state index in [4.69, 9.17) is 4.74 Å². The molecule has 0 fully saturated rings. The maximum Gasteiger partial charge on any atom is 0.291 e. The predicted octanol–water partition coefficient (Wildman–Crippen LogP) is 2.52. The molecule has 0 aromatic carbocycles. The third kappa shape index (κ3) is 2.92. The first-order valence-electron chi connectivity index (χ1n) is 8.97. The van der Waals surface area contributed by atoms with Crippen LogP contribution in [-0.2, 0) is 24.3 Å². The van der Waals surface area contributed by atoms with E-state index in [-0.39, 0.29) is 17.3 Å². The van der Waals surface area contributed by atoms with Crippen LogP contribution in [0.2, 0.25) is 0 Å². The van der Waals surface area contributed by atoms with Crippen molar-refractivity contribution in [3.8, 4) is 0 Å². The van der Waals surface area contributed by atoms with Gasteiger partial charge in [-0.2, -0.15) is 0 Å². The number of ether oxygens (including phenoxy) is 1. The lowest BCUT2D eigenvalue weighted by molar-refractivity contribution is -0.0379. The van der Waals surface area contributed by atoms with Gasteiger partial charge in [0.05, 0.1) is 17.6 Å². The topological polar surface area (TPSA) is 94.3 Å². The number of aromatic nitrogens is 5. The fourth-order valence-corrected chi connectivity index (χ4v) is 4.47. The van der Waals surface area contributed by atoms with Gasteiger partial charge >= 0.3 is 0 Å². The minimum atomic E-state index is -0.318. The number of carbonyl (C=O) groups excluding carboxylic acids is 1. The van der Waals surface area contributed by atoms with Crippen LogP contribution in [0.3, 0.4) is 0 Å². The van der Waals surface area contributed by atoms with Crippen molar-refractivity contribution in [2.45, 2.75) is 39.0 Å². The van der Waals surface area contributed by atoms with E-state index in [1.165, 1.54) is 10.4 Å². The molecule has 1 amide bonds. The van der Waals surface area contributed by atoms with E-state index in [2.05, 4.69) is 39.2 Å². The van der Waals surface area contributed by atoms with Gasteiger partial charge in [-0.25, -0.2) is 14.5 Å². The van der Waals surface area contributed by atoms with Gasteiger partial charge in [-0.1, -0.05) is 0 Å². The number of rotatable bonds is 3. The molecule has 0 atom stereocenters. The minimum absolute atomic E-state index is 0.134. The summed E-state index contributed by atoms with van der Waals surface area (Å²) in [5, 5.41) is 8.15. The molecule has 0 aliphatic carbocycles. The van der Waals surface area contributed by atoms with E-state index >= 15 is 0 Å². The van der Waals surface area contributed by atoms with Crippen molar-refractivity contribution in [3.05, 3.63) is 52.7 Å². The second-order valence-electron chi connectivity index (χ2n) is 7.40. The monoisotopic (exact) mass is 394 g/mol. The lowest BCUT2D eigenvalue weighted by atomic mass is 9.94. The van der Waals surface area contributed by atoms with Crippen molar-refractivity contribution in [1.29, 1.82) is 0 Å². The average Bonchev–Trinajstić information content (AvgIpc) is 3.27. The van der Waals surface area contributed by atoms with Crippen LogP contribution in [-0.4, -0.2) is 36.1 Å². The van der Waals surface area contributed by atoms with E-state index < -0.39 is 0 Å². The van der Waals surface area contributed by atoms with Crippen molar-refractivity contribution in [3.63, 3.8) is 0 Å². The molecule has 0 saturated carbocycles. The summed E-state index contributed by atoms with van der Waals surface area (Å²) in [5.74, 6) is -0.184. The molecule has 8 nitrogen and oxygen atoms in total. The SMILES string of the molecule is CC1(C)Cc2c(sc3ncn4nc(C(=O)NCc5ccncc5)nc4c23)CO1. The minimum Gasteiger partial charge on any atom is -0.370 e. The number of nitrogens with zero attached hydrogens (tertiary/aromatic N) is 5. The van der Waals surface area contributed by atoms with Crippen LogP contribution in [0.4, 0.5) is 0 Å². The number of pyridine rings is 1. The van der Waals surface area contributed by atoms with Gasteiger partial charge in [0, 0.05) is 30.2 Å². The van der Waals surface area contributed by atoms with Crippen LogP contribution in [0.5, 0.6) is 0 Å². The summed E-state index contributed by atoms with van der Waals surface area (Å²) in [6.07, 6.45) is 5.77. The predicted molar refractivity (Wildman–Crippen MR) is 104 cm³/mol. The van der Waals surface area contributed by atoms with Crippen molar-refractivity contribution in [2.24, 2.45) is 0 Å². The molecule has 142 valence electrons. The van der Waals surface area contributed by atoms with E-state index in [1.54, 1.807) is 34.6 Å². The normalized spacial score (nSPS) is 15.6. The highest BCUT2D eigenvalue weighted by Gasteiger charge is 2.31. The van der Waals surface area contributed by atoms with Gasteiger partial charge in [0.2, 0.25) is 5.82 Å². The van der Waals surface area contributed by atoms with E-state index in [0.29, 0.717) is 18.8 Å². The summed E-state index contributed by atoms with van der Waals surface area (Å²) in [4.78, 5) is 27.6. The third-order valence-electron chi connectivity index (χ3n) is 4.81. The number of thiophene rings is 1. The molecule has 9 heteroatoms. The van der Waals surface area contributed by atoms with Gasteiger partial charge < -0.3 is 10.1 Å². The zero-order valence-corrected chi connectivity index (χ0v) is 16.3. The molecule has 1 N–H and O–H groups in total. The van der Waals surface area contributed by atoms with Gasteiger partial charge in [0.1, 0.15) is 11.2 Å². The summed E-state index contributed by atoms with van der Waals surface area (Å²) < 4.78 is 7.50. The summed E-state index contributed by atoms with van der Waals surface area (Å²) in [6.45, 7) is 5.12. The standard InChI is InChI=1S/C19H18N6O2S/c1-19(2)7-12-13(9-27-19)28-18-14(12)16-23-15(24-25(16)10-22-18)17(26)21-8-11-3-5-20-6-4-11/h3-6,10H,7-9H2,1-2H3,(H,21,26). The highest BCUT2D eigenvalue weighted by atomic mass is 32.1. The Morgan fingerprint density at radius 3 is 3.00 bits per heavy atom. The fraction of sp³-hybridized carbons (Fsp3) is 0.316. The van der Waals surface area contributed by atoms with E-state index in [0.717, 1.165) is 22.2 Å². The van der Waals surface area contributed by atoms with Gasteiger partial charge in [-0.3, -0.25) is 9.78 Å². The van der Waals surface area contributed by atoms with Gasteiger partial charge in [-0.05, 0) is 37.1 Å². The molecule has 0 saturated heterocycles. The van der Waals surface area contributed by atoms with Crippen molar-refractivity contribution in [2.75, 3.05) is 0 Å². The van der Waals surface area contributed by atoms with E-state index in [1.807, 2.05) is 12.1 Å². The Morgan fingerprint density at radius 1 is 1.36 bits per heavy atom. The molecular formula is C19H18N6O2S. The van der Waals surface area contributed by atoms with Crippen molar-refractivity contribution >= 4 is 33.1 Å². The number of hydrogen-bond acceptors (Lipinski definition) is 7. The smallest absolute Gasteiger partial charge is 0.291 e. The lowest BCUT2D eigenvalue weighted by Gasteiger charge is -2.30. The first-order valence-corrected chi connectivity index (χ1v) is 9.78. The molecule has 1 aliphatic rings. The third-order valence-corrected chi connectivity index (χ3v) is 5.93. The average molecular weight is 394 g/mol. The number of amides is 1. The molecule has 5 heterocycles. The van der Waals surface area contributed by atoms with Crippen LogP contribution in [0.1, 0.15) is 40.5 Å². The number of hydrogen-bond donors (Lipinski definition) is 1. The van der Waals surface area contributed by atoms with E-state index in [9.17, 15) is 4.79 Å². The first-order chi connectivity index (χ1) is 13.5. The zero-order chi connectivity index (χ0) is 19.3. The highest BCUT2D eigenvalue weighted by molar-refractivity contribution is 7.19. The van der Waals surface area contributed by atoms with Crippen molar-refractivity contribution < 1.29 is 9.53 Å². The van der Waals surface area contributed by atoms with Crippen LogP contribution < -0.4 is 5.32 Å². The second kappa shape index (κ2) is 6.32. The highest BCUT2D eigenvalue weighted by Crippen LogP contribution is 2.39. The molecule has 5 rings (SSSR count). The maximum absolute atomic E-state index is 12.6. The second-order valence-corrected chi connectivity index (χ2v) is 8.48. The van der Waals surface area contributed by atoms with Crippen LogP contribution in [0.25, 0.3) is 15.9 Å². The number of carbonyl (C=O) groups is 1. The molecule has 28 heavy (non-hydrogen) atoms. The molecule has 0 bridgehead atoms. The number of fused-ring (bicyclic) bond motifs is 5. The Balaban J connectivity index is 1.51. The summed E-state index contributed by atoms with van der Waals surface area (Å²) in [5.41, 5.74) is 2.59. The summed E-state index contributed by atoms with van der Waals surface area (Å²) in [7, 11) is 0. The Bertz CT molecular complexity index is 1200. The van der Waals surface area contributed by atoms with Gasteiger partial charge in [0.25, 0.3) is 5.91 Å². The van der Waals surface area contributed by atoms with Gasteiger partial charge in [-0.15, -0.1) is 16.4 Å².